The van der Waals surface area contributed by atoms with Gasteiger partial charge in [-0.15, -0.1) is 0 Å². The molecule has 0 aliphatic rings. The number of benzene rings is 2. The maximum atomic E-state index is 5.95. The van der Waals surface area contributed by atoms with Crippen molar-refractivity contribution in [2.24, 2.45) is 0 Å². The van der Waals surface area contributed by atoms with Crippen LogP contribution in [0.5, 0.6) is 11.5 Å². The number of rotatable bonds is 7. The Labute approximate surface area is 132 Å². The molecule has 0 aromatic heterocycles. The van der Waals surface area contributed by atoms with Gasteiger partial charge in [0.25, 0.3) is 0 Å². The lowest BCUT2D eigenvalue weighted by Gasteiger charge is -2.21. The van der Waals surface area contributed by atoms with Crippen LogP contribution in [0.4, 0.5) is 11.4 Å². The molecule has 0 heterocycles. The zero-order chi connectivity index (χ0) is 15.9. The summed E-state index contributed by atoms with van der Waals surface area (Å²) >= 11 is 0. The molecule has 22 heavy (non-hydrogen) atoms. The van der Waals surface area contributed by atoms with Gasteiger partial charge in [0.15, 0.2) is 0 Å². The molecule has 2 aromatic carbocycles. The molecule has 0 spiro atoms. The summed E-state index contributed by atoms with van der Waals surface area (Å²) in [4.78, 5) is 0. The zero-order valence-corrected chi connectivity index (χ0v) is 13.2. The van der Waals surface area contributed by atoms with Crippen molar-refractivity contribution in [3.63, 3.8) is 0 Å². The van der Waals surface area contributed by atoms with Crippen LogP contribution in [-0.2, 0) is 0 Å². The molecule has 4 nitrogen and oxygen atoms in total. The topological polar surface area (TPSA) is 70.5 Å². The Morgan fingerprint density at radius 3 is 2.23 bits per heavy atom. The molecule has 2 rings (SSSR count). The summed E-state index contributed by atoms with van der Waals surface area (Å²) in [5.74, 6) is 1.47. The standard InChI is InChI=1S/C18H24N2O2/c1-3-4-5-18(21-15-10-7-14(19)8-11-15)22-16-9-6-13(2)17(20)12-16/h6-12,18H,3-5,19-20H2,1-2H3. The average molecular weight is 300 g/mol. The van der Waals surface area contributed by atoms with E-state index in [1.165, 1.54) is 0 Å². The van der Waals surface area contributed by atoms with Gasteiger partial charge in [-0.05, 0) is 49.2 Å². The molecule has 4 N–H and O–H groups in total. The number of unbranched alkanes of at least 4 members (excludes halogenated alkanes) is 1. The van der Waals surface area contributed by atoms with Gasteiger partial charge in [0.05, 0.1) is 0 Å². The first kappa shape index (κ1) is 16.0. The van der Waals surface area contributed by atoms with E-state index in [2.05, 4.69) is 6.92 Å². The Morgan fingerprint density at radius 2 is 1.59 bits per heavy atom. The molecule has 0 radical (unpaired) electrons. The Balaban J connectivity index is 2.07. The van der Waals surface area contributed by atoms with Crippen molar-refractivity contribution in [3.8, 4) is 11.5 Å². The van der Waals surface area contributed by atoms with Crippen LogP contribution in [0.25, 0.3) is 0 Å². The number of hydrogen-bond acceptors (Lipinski definition) is 4. The van der Waals surface area contributed by atoms with Gasteiger partial charge in [-0.25, -0.2) is 0 Å². The van der Waals surface area contributed by atoms with E-state index < -0.39 is 0 Å². The van der Waals surface area contributed by atoms with Crippen molar-refractivity contribution in [1.82, 2.24) is 0 Å². The molecular formula is C18H24N2O2. The second kappa shape index (κ2) is 7.59. The molecule has 1 atom stereocenters. The van der Waals surface area contributed by atoms with E-state index in [1.807, 2.05) is 49.4 Å². The summed E-state index contributed by atoms with van der Waals surface area (Å²) in [5.41, 5.74) is 14.1. The molecule has 0 bridgehead atoms. The predicted molar refractivity (Wildman–Crippen MR) is 91.0 cm³/mol. The van der Waals surface area contributed by atoms with Gasteiger partial charge in [0, 0.05) is 23.9 Å². The molecule has 2 aromatic rings. The minimum absolute atomic E-state index is 0.342. The van der Waals surface area contributed by atoms with Gasteiger partial charge in [-0.3, -0.25) is 0 Å². The van der Waals surface area contributed by atoms with Crippen LogP contribution in [0.3, 0.4) is 0 Å². The minimum atomic E-state index is -0.342. The third kappa shape index (κ3) is 4.58. The van der Waals surface area contributed by atoms with E-state index in [9.17, 15) is 0 Å². The SMILES string of the molecule is CCCCC(Oc1ccc(N)cc1)Oc1ccc(C)c(N)c1. The third-order valence-electron chi connectivity index (χ3n) is 3.46. The van der Waals surface area contributed by atoms with Gasteiger partial charge in [-0.1, -0.05) is 19.4 Å². The summed E-state index contributed by atoms with van der Waals surface area (Å²) in [6.45, 7) is 4.11. The molecule has 0 aliphatic carbocycles. The molecule has 0 amide bonds. The van der Waals surface area contributed by atoms with E-state index in [4.69, 9.17) is 20.9 Å². The van der Waals surface area contributed by atoms with Crippen LogP contribution in [0.2, 0.25) is 0 Å². The lowest BCUT2D eigenvalue weighted by Crippen LogP contribution is -2.24. The molecule has 0 aliphatic heterocycles. The van der Waals surface area contributed by atoms with Crippen molar-refractivity contribution < 1.29 is 9.47 Å². The van der Waals surface area contributed by atoms with Crippen LogP contribution >= 0.6 is 0 Å². The van der Waals surface area contributed by atoms with Gasteiger partial charge in [0.2, 0.25) is 6.29 Å². The van der Waals surface area contributed by atoms with Crippen molar-refractivity contribution in [1.29, 1.82) is 0 Å². The van der Waals surface area contributed by atoms with Crippen molar-refractivity contribution >= 4 is 11.4 Å². The highest BCUT2D eigenvalue weighted by Crippen LogP contribution is 2.23. The van der Waals surface area contributed by atoms with Crippen molar-refractivity contribution in [2.75, 3.05) is 11.5 Å². The van der Waals surface area contributed by atoms with Crippen molar-refractivity contribution in [3.05, 3.63) is 48.0 Å². The minimum Gasteiger partial charge on any atom is -0.455 e. The fraction of sp³-hybridized carbons (Fsp3) is 0.333. The predicted octanol–water partition coefficient (Wildman–Crippen LogP) is 4.13. The second-order valence-electron chi connectivity index (χ2n) is 5.39. The molecule has 4 heteroatoms. The van der Waals surface area contributed by atoms with E-state index in [1.54, 1.807) is 0 Å². The summed E-state index contributed by atoms with van der Waals surface area (Å²) < 4.78 is 11.9. The Hall–Kier alpha value is -2.36. The van der Waals surface area contributed by atoms with Gasteiger partial charge in [0.1, 0.15) is 11.5 Å². The highest BCUT2D eigenvalue weighted by molar-refractivity contribution is 5.50. The summed E-state index contributed by atoms with van der Waals surface area (Å²) in [5, 5.41) is 0. The molecule has 118 valence electrons. The third-order valence-corrected chi connectivity index (χ3v) is 3.46. The monoisotopic (exact) mass is 300 g/mol. The number of ether oxygens (including phenoxy) is 2. The molecular weight excluding hydrogens is 276 g/mol. The molecule has 0 fully saturated rings. The van der Waals surface area contributed by atoms with Crippen LogP contribution in [0.15, 0.2) is 42.5 Å². The van der Waals surface area contributed by atoms with E-state index in [-0.39, 0.29) is 6.29 Å². The van der Waals surface area contributed by atoms with E-state index >= 15 is 0 Å². The normalized spacial score (nSPS) is 11.9. The van der Waals surface area contributed by atoms with E-state index in [0.717, 1.165) is 42.0 Å². The van der Waals surface area contributed by atoms with Gasteiger partial charge >= 0.3 is 0 Å². The smallest absolute Gasteiger partial charge is 0.241 e. The Kier molecular flexibility index (Phi) is 5.53. The fourth-order valence-electron chi connectivity index (χ4n) is 2.05. The zero-order valence-electron chi connectivity index (χ0n) is 13.2. The number of aryl methyl sites for hydroxylation is 1. The number of hydrogen-bond donors (Lipinski definition) is 2. The average Bonchev–Trinajstić information content (AvgIpc) is 2.51. The highest BCUT2D eigenvalue weighted by Gasteiger charge is 2.12. The van der Waals surface area contributed by atoms with E-state index in [0.29, 0.717) is 5.69 Å². The van der Waals surface area contributed by atoms with Gasteiger partial charge in [-0.2, -0.15) is 0 Å². The van der Waals surface area contributed by atoms with Crippen LogP contribution in [-0.4, -0.2) is 6.29 Å². The summed E-state index contributed by atoms with van der Waals surface area (Å²) in [6.07, 6.45) is 2.59. The maximum Gasteiger partial charge on any atom is 0.241 e. The Bertz CT molecular complexity index is 597. The summed E-state index contributed by atoms with van der Waals surface area (Å²) in [6, 6.07) is 13.0. The first-order valence-electron chi connectivity index (χ1n) is 7.63. The van der Waals surface area contributed by atoms with Crippen molar-refractivity contribution in [2.45, 2.75) is 39.4 Å². The molecule has 0 saturated heterocycles. The first-order valence-corrected chi connectivity index (χ1v) is 7.63. The number of nitrogens with two attached hydrogens (primary N) is 2. The first-order chi connectivity index (χ1) is 10.6. The van der Waals surface area contributed by atoms with Crippen LogP contribution in [0, 0.1) is 6.92 Å². The highest BCUT2D eigenvalue weighted by atomic mass is 16.7. The largest absolute Gasteiger partial charge is 0.455 e. The lowest BCUT2D eigenvalue weighted by atomic mass is 10.2. The van der Waals surface area contributed by atoms with Crippen LogP contribution < -0.4 is 20.9 Å². The second-order valence-corrected chi connectivity index (χ2v) is 5.39. The fourth-order valence-corrected chi connectivity index (χ4v) is 2.05. The lowest BCUT2D eigenvalue weighted by molar-refractivity contribution is -0.00206. The quantitative estimate of drug-likeness (QED) is 0.595. The molecule has 1 unspecified atom stereocenters. The number of anilines is 2. The number of nitrogen functional groups attached to an aromatic ring is 2. The molecule has 0 saturated carbocycles. The Morgan fingerprint density at radius 1 is 0.955 bits per heavy atom. The maximum absolute atomic E-state index is 5.95. The van der Waals surface area contributed by atoms with Gasteiger partial charge < -0.3 is 20.9 Å². The summed E-state index contributed by atoms with van der Waals surface area (Å²) in [7, 11) is 0. The van der Waals surface area contributed by atoms with Crippen LogP contribution in [0.1, 0.15) is 31.7 Å².